The summed E-state index contributed by atoms with van der Waals surface area (Å²) in [7, 11) is -3.60. The van der Waals surface area contributed by atoms with E-state index in [1.807, 2.05) is 11.0 Å². The molecule has 0 saturated carbocycles. The third-order valence-corrected chi connectivity index (χ3v) is 8.07. The first-order chi connectivity index (χ1) is 15.8. The van der Waals surface area contributed by atoms with Crippen LogP contribution in [0, 0.1) is 17.2 Å². The maximum Gasteiger partial charge on any atom is 0.324 e. The summed E-state index contributed by atoms with van der Waals surface area (Å²) in [4.78, 5) is 24.6. The molecule has 1 unspecified atom stereocenters. The number of nitrogens with one attached hydrogen (secondary N) is 1. The van der Waals surface area contributed by atoms with Crippen LogP contribution < -0.4 is 10.6 Å². The summed E-state index contributed by atoms with van der Waals surface area (Å²) in [5.74, 6) is 0.473. The molecule has 4 rings (SSSR count). The summed E-state index contributed by atoms with van der Waals surface area (Å²) in [6, 6.07) is 7.12. The fourth-order valence-electron chi connectivity index (χ4n) is 4.49. The van der Waals surface area contributed by atoms with Crippen LogP contribution in [-0.4, -0.2) is 72.2 Å². The third-order valence-electron chi connectivity index (χ3n) is 6.22. The topological polar surface area (TPSA) is 137 Å². The monoisotopic (exact) mass is 471 g/mol. The van der Waals surface area contributed by atoms with Crippen LogP contribution in [0.3, 0.4) is 0 Å². The first-order valence-corrected chi connectivity index (χ1v) is 12.5. The highest BCUT2D eigenvalue weighted by Crippen LogP contribution is 2.28. The van der Waals surface area contributed by atoms with E-state index in [1.54, 1.807) is 23.1 Å². The number of nitrogen functional groups attached to an aromatic ring is 1. The summed E-state index contributed by atoms with van der Waals surface area (Å²) in [6.07, 6.45) is 5.31. The second-order valence-corrected chi connectivity index (χ2v) is 10.7. The standard InChI is InChI=1S/C22H29N7O3S/c1-16-12-27(22(30)29(13-16)19-4-2-3-18(9-19)21(23)24)14-17-5-7-28(8-6-17)33(31,32)20-10-25-15-26-11-20/h2-4,9-11,15-17H,5-8,12-14H2,1H3,(H3,23,24). The zero-order valence-electron chi connectivity index (χ0n) is 18.6. The summed E-state index contributed by atoms with van der Waals surface area (Å²) < 4.78 is 27.1. The molecule has 3 N–H and O–H groups in total. The van der Waals surface area contributed by atoms with E-state index in [9.17, 15) is 13.2 Å². The van der Waals surface area contributed by atoms with Gasteiger partial charge in [-0.1, -0.05) is 19.1 Å². The number of urea groups is 1. The average Bonchev–Trinajstić information content (AvgIpc) is 2.82. The van der Waals surface area contributed by atoms with E-state index < -0.39 is 10.0 Å². The molecule has 0 spiro atoms. The predicted octanol–water partition coefficient (Wildman–Crippen LogP) is 1.74. The van der Waals surface area contributed by atoms with Crippen molar-refractivity contribution in [2.75, 3.05) is 37.6 Å². The molecule has 3 heterocycles. The maximum atomic E-state index is 13.3. The summed E-state index contributed by atoms with van der Waals surface area (Å²) in [5.41, 5.74) is 6.94. The number of hydrogen-bond acceptors (Lipinski definition) is 6. The third kappa shape index (κ3) is 4.98. The molecule has 176 valence electrons. The number of rotatable bonds is 6. The lowest BCUT2D eigenvalue weighted by molar-refractivity contribution is 0.154. The van der Waals surface area contributed by atoms with Crippen molar-refractivity contribution in [2.45, 2.75) is 24.7 Å². The number of carbonyl (C=O) groups is 1. The molecular formula is C22H29N7O3S. The zero-order chi connectivity index (χ0) is 23.6. The Hall–Kier alpha value is -3.05. The minimum absolute atomic E-state index is 0.0324. The second kappa shape index (κ2) is 9.44. The van der Waals surface area contributed by atoms with E-state index in [4.69, 9.17) is 11.1 Å². The van der Waals surface area contributed by atoms with Gasteiger partial charge in [-0.2, -0.15) is 4.31 Å². The Morgan fingerprint density at radius 2 is 1.88 bits per heavy atom. The van der Waals surface area contributed by atoms with Gasteiger partial charge in [0.2, 0.25) is 10.0 Å². The number of anilines is 1. The molecule has 11 heteroatoms. The highest BCUT2D eigenvalue weighted by molar-refractivity contribution is 7.89. The van der Waals surface area contributed by atoms with Crippen LogP contribution in [0.4, 0.5) is 10.5 Å². The Kier molecular flexibility index (Phi) is 6.61. The van der Waals surface area contributed by atoms with Gasteiger partial charge in [0.05, 0.1) is 12.4 Å². The Labute approximate surface area is 194 Å². The van der Waals surface area contributed by atoms with Crippen molar-refractivity contribution < 1.29 is 13.2 Å². The number of carbonyl (C=O) groups excluding carboxylic acids is 1. The van der Waals surface area contributed by atoms with Crippen LogP contribution in [0.25, 0.3) is 0 Å². The molecule has 0 radical (unpaired) electrons. The molecule has 0 bridgehead atoms. The second-order valence-electron chi connectivity index (χ2n) is 8.79. The molecule has 10 nitrogen and oxygen atoms in total. The lowest BCUT2D eigenvalue weighted by Crippen LogP contribution is -2.55. The van der Waals surface area contributed by atoms with E-state index in [1.165, 1.54) is 23.0 Å². The van der Waals surface area contributed by atoms with Gasteiger partial charge < -0.3 is 10.6 Å². The highest BCUT2D eigenvalue weighted by Gasteiger charge is 2.35. The number of amides is 2. The van der Waals surface area contributed by atoms with Gasteiger partial charge in [-0.3, -0.25) is 10.3 Å². The SMILES string of the molecule is CC1CN(CC2CCN(S(=O)(=O)c3cncnc3)CC2)C(=O)N(c2cccc(C(=N)N)c2)C1. The molecular weight excluding hydrogens is 442 g/mol. The lowest BCUT2D eigenvalue weighted by Gasteiger charge is -2.41. The van der Waals surface area contributed by atoms with Crippen molar-refractivity contribution >= 4 is 27.6 Å². The number of hydrogen-bond donors (Lipinski definition) is 2. The van der Waals surface area contributed by atoms with Crippen molar-refractivity contribution in [3.05, 3.63) is 48.5 Å². The van der Waals surface area contributed by atoms with Crippen molar-refractivity contribution in [1.82, 2.24) is 19.2 Å². The van der Waals surface area contributed by atoms with E-state index >= 15 is 0 Å². The van der Waals surface area contributed by atoms with Crippen molar-refractivity contribution in [3.8, 4) is 0 Å². The molecule has 1 atom stereocenters. The van der Waals surface area contributed by atoms with Crippen LogP contribution in [0.15, 0.2) is 47.9 Å². The molecule has 2 aliphatic rings. The number of nitrogens with zero attached hydrogens (tertiary/aromatic N) is 5. The smallest absolute Gasteiger partial charge is 0.324 e. The van der Waals surface area contributed by atoms with Crippen molar-refractivity contribution in [1.29, 1.82) is 5.41 Å². The van der Waals surface area contributed by atoms with E-state index in [0.29, 0.717) is 51.1 Å². The fourth-order valence-corrected chi connectivity index (χ4v) is 5.87. The molecule has 2 fully saturated rings. The van der Waals surface area contributed by atoms with Gasteiger partial charge in [0.15, 0.2) is 0 Å². The number of aromatic nitrogens is 2. The molecule has 1 aromatic heterocycles. The van der Waals surface area contributed by atoms with Crippen LogP contribution in [0.2, 0.25) is 0 Å². The molecule has 33 heavy (non-hydrogen) atoms. The van der Waals surface area contributed by atoms with Crippen LogP contribution in [0.1, 0.15) is 25.3 Å². The largest absolute Gasteiger partial charge is 0.384 e. The van der Waals surface area contributed by atoms with Gasteiger partial charge in [0, 0.05) is 44.0 Å². The number of piperidine rings is 1. The average molecular weight is 472 g/mol. The molecule has 2 aliphatic heterocycles. The first kappa shape index (κ1) is 23.1. The number of nitrogens with two attached hydrogens (primary N) is 1. The Bertz CT molecular complexity index is 1120. The number of sulfonamides is 1. The van der Waals surface area contributed by atoms with E-state index in [-0.39, 0.29) is 28.6 Å². The van der Waals surface area contributed by atoms with Gasteiger partial charge in [-0.15, -0.1) is 0 Å². The van der Waals surface area contributed by atoms with Crippen LogP contribution in [-0.2, 0) is 10.0 Å². The summed E-state index contributed by atoms with van der Waals surface area (Å²) in [5, 5.41) is 7.67. The van der Waals surface area contributed by atoms with Gasteiger partial charge in [-0.25, -0.2) is 23.2 Å². The van der Waals surface area contributed by atoms with Crippen LogP contribution in [0.5, 0.6) is 0 Å². The summed E-state index contributed by atoms with van der Waals surface area (Å²) >= 11 is 0. The lowest BCUT2D eigenvalue weighted by atomic mass is 9.96. The van der Waals surface area contributed by atoms with Gasteiger partial charge in [0.25, 0.3) is 0 Å². The highest BCUT2D eigenvalue weighted by atomic mass is 32.2. The van der Waals surface area contributed by atoms with E-state index in [0.717, 1.165) is 5.69 Å². The minimum atomic E-state index is -3.60. The predicted molar refractivity (Wildman–Crippen MR) is 124 cm³/mol. The normalized spacial score (nSPS) is 20.8. The first-order valence-electron chi connectivity index (χ1n) is 11.0. The molecule has 0 aliphatic carbocycles. The van der Waals surface area contributed by atoms with Crippen molar-refractivity contribution in [3.63, 3.8) is 0 Å². The van der Waals surface area contributed by atoms with Gasteiger partial charge >= 0.3 is 6.03 Å². The quantitative estimate of drug-likeness (QED) is 0.486. The Balaban J connectivity index is 1.41. The molecule has 2 aromatic rings. The Morgan fingerprint density at radius 3 is 2.55 bits per heavy atom. The van der Waals surface area contributed by atoms with Gasteiger partial charge in [-0.05, 0) is 36.8 Å². The van der Waals surface area contributed by atoms with E-state index in [2.05, 4.69) is 16.9 Å². The zero-order valence-corrected chi connectivity index (χ0v) is 19.4. The van der Waals surface area contributed by atoms with Gasteiger partial charge in [0.1, 0.15) is 17.1 Å². The minimum Gasteiger partial charge on any atom is -0.384 e. The Morgan fingerprint density at radius 1 is 1.18 bits per heavy atom. The number of amidine groups is 1. The molecule has 2 amide bonds. The van der Waals surface area contributed by atoms with Crippen LogP contribution >= 0.6 is 0 Å². The molecule has 1 aromatic carbocycles. The number of benzene rings is 1. The van der Waals surface area contributed by atoms with Crippen molar-refractivity contribution in [2.24, 2.45) is 17.6 Å². The maximum absolute atomic E-state index is 13.3. The summed E-state index contributed by atoms with van der Waals surface area (Å²) in [6.45, 7) is 4.79. The fraction of sp³-hybridized carbons (Fsp3) is 0.455. The molecule has 2 saturated heterocycles.